The summed E-state index contributed by atoms with van der Waals surface area (Å²) in [7, 11) is 0. The molecule has 0 radical (unpaired) electrons. The Morgan fingerprint density at radius 3 is 2.88 bits per heavy atom. The van der Waals surface area contributed by atoms with Crippen LogP contribution in [0, 0.1) is 13.8 Å². The van der Waals surface area contributed by atoms with Crippen LogP contribution in [0.1, 0.15) is 27.6 Å². The smallest absolute Gasteiger partial charge is 0.317 e. The third-order valence-electron chi connectivity index (χ3n) is 4.36. The number of hydrogen-bond donors (Lipinski definition) is 2. The van der Waals surface area contributed by atoms with Crippen molar-refractivity contribution >= 4 is 17.4 Å². The molecule has 1 fully saturated rings. The van der Waals surface area contributed by atoms with Crippen molar-refractivity contribution in [1.29, 1.82) is 0 Å². The van der Waals surface area contributed by atoms with Gasteiger partial charge in [-0.05, 0) is 31.4 Å². The van der Waals surface area contributed by atoms with Gasteiger partial charge in [-0.25, -0.2) is 4.79 Å². The average Bonchev–Trinajstić information content (AvgIpc) is 3.14. The summed E-state index contributed by atoms with van der Waals surface area (Å²) >= 11 is 1.54. The maximum Gasteiger partial charge on any atom is 0.317 e. The fraction of sp³-hybridized carbons (Fsp3) is 0.471. The maximum absolute atomic E-state index is 12.3. The first kappa shape index (κ1) is 16.9. The number of carbonyl (C=O) groups excluding carboxylic acids is 1. The summed E-state index contributed by atoms with van der Waals surface area (Å²) < 4.78 is 0. The first-order chi connectivity index (χ1) is 11.5. The quantitative estimate of drug-likeness (QED) is 0.888. The van der Waals surface area contributed by atoms with Crippen LogP contribution < -0.4 is 5.32 Å². The van der Waals surface area contributed by atoms with Crippen LogP contribution in [0.15, 0.2) is 24.3 Å². The van der Waals surface area contributed by atoms with E-state index in [1.807, 2.05) is 38.1 Å². The van der Waals surface area contributed by atoms with Crippen LogP contribution in [0.3, 0.4) is 0 Å². The van der Waals surface area contributed by atoms with Gasteiger partial charge < -0.3 is 15.3 Å². The molecular formula is C17H22N4O2S. The predicted octanol–water partition coefficient (Wildman–Crippen LogP) is 2.00. The molecule has 2 heterocycles. The monoisotopic (exact) mass is 346 g/mol. The molecule has 0 bridgehead atoms. The number of aryl methyl sites for hydroxylation is 2. The van der Waals surface area contributed by atoms with Gasteiger partial charge in [-0.1, -0.05) is 24.3 Å². The van der Waals surface area contributed by atoms with E-state index in [1.165, 1.54) is 0 Å². The zero-order valence-corrected chi connectivity index (χ0v) is 14.8. The highest BCUT2D eigenvalue weighted by molar-refractivity contribution is 7.11. The number of likely N-dealkylation sites (tertiary alicyclic amines) is 1. The van der Waals surface area contributed by atoms with Gasteiger partial charge in [-0.15, -0.1) is 21.5 Å². The minimum absolute atomic E-state index is 0.138. The van der Waals surface area contributed by atoms with Gasteiger partial charge in [0.25, 0.3) is 0 Å². The van der Waals surface area contributed by atoms with E-state index in [4.69, 9.17) is 0 Å². The Morgan fingerprint density at radius 2 is 2.17 bits per heavy atom. The Bertz CT molecular complexity index is 733. The highest BCUT2D eigenvalue weighted by Crippen LogP contribution is 2.33. The molecule has 0 saturated carbocycles. The van der Waals surface area contributed by atoms with Gasteiger partial charge in [0, 0.05) is 19.5 Å². The van der Waals surface area contributed by atoms with Gasteiger partial charge in [0.2, 0.25) is 0 Å². The Kier molecular flexibility index (Phi) is 4.82. The van der Waals surface area contributed by atoms with Crippen LogP contribution in [0.5, 0.6) is 0 Å². The molecular weight excluding hydrogens is 324 g/mol. The summed E-state index contributed by atoms with van der Waals surface area (Å²) in [6.45, 7) is 5.29. The van der Waals surface area contributed by atoms with Gasteiger partial charge in [0.1, 0.15) is 15.6 Å². The second-order valence-corrected chi connectivity index (χ2v) is 7.48. The maximum atomic E-state index is 12.3. The van der Waals surface area contributed by atoms with Crippen LogP contribution in [-0.2, 0) is 12.0 Å². The van der Waals surface area contributed by atoms with Crippen LogP contribution in [-0.4, -0.2) is 45.9 Å². The van der Waals surface area contributed by atoms with E-state index in [0.29, 0.717) is 32.5 Å². The van der Waals surface area contributed by atoms with Gasteiger partial charge in [-0.3, -0.25) is 0 Å². The van der Waals surface area contributed by atoms with Crippen molar-refractivity contribution < 1.29 is 9.90 Å². The Labute approximate surface area is 145 Å². The summed E-state index contributed by atoms with van der Waals surface area (Å²) in [6.07, 6.45) is 1.23. The second-order valence-electron chi connectivity index (χ2n) is 6.21. The highest BCUT2D eigenvalue weighted by Gasteiger charge is 2.40. The lowest BCUT2D eigenvalue weighted by molar-refractivity contribution is 0.0488. The lowest BCUT2D eigenvalue weighted by atomic mass is 9.89. The fourth-order valence-corrected chi connectivity index (χ4v) is 3.82. The standard InChI is InChI=1S/C17H22N4O2S/c1-12-5-3-4-6-14(12)17(23)8-10-21(11-17)16(22)18-9-7-15-20-19-13(2)24-15/h3-6,23H,7-11H2,1-2H3,(H,18,22)/t17-/m1/s1. The molecule has 1 aliphatic heterocycles. The summed E-state index contributed by atoms with van der Waals surface area (Å²) in [4.78, 5) is 14.0. The highest BCUT2D eigenvalue weighted by atomic mass is 32.1. The lowest BCUT2D eigenvalue weighted by Gasteiger charge is -2.25. The van der Waals surface area contributed by atoms with Gasteiger partial charge in [0.05, 0.1) is 6.54 Å². The number of hydrogen-bond acceptors (Lipinski definition) is 5. The van der Waals surface area contributed by atoms with Gasteiger partial charge in [-0.2, -0.15) is 0 Å². The predicted molar refractivity (Wildman–Crippen MR) is 93.0 cm³/mol. The number of amides is 2. The van der Waals surface area contributed by atoms with E-state index >= 15 is 0 Å². The summed E-state index contributed by atoms with van der Waals surface area (Å²) in [5.74, 6) is 0. The first-order valence-electron chi connectivity index (χ1n) is 8.08. The molecule has 3 rings (SSSR count). The minimum Gasteiger partial charge on any atom is -0.383 e. The number of carbonyl (C=O) groups is 1. The van der Waals surface area contributed by atoms with E-state index in [9.17, 15) is 9.90 Å². The topological polar surface area (TPSA) is 78.4 Å². The molecule has 2 N–H and O–H groups in total. The molecule has 1 saturated heterocycles. The number of nitrogens with zero attached hydrogens (tertiary/aromatic N) is 3. The fourth-order valence-electron chi connectivity index (χ4n) is 3.11. The normalized spacial score (nSPS) is 20.4. The molecule has 1 aromatic heterocycles. The van der Waals surface area contributed by atoms with Crippen molar-refractivity contribution in [2.45, 2.75) is 32.3 Å². The van der Waals surface area contributed by atoms with Crippen molar-refractivity contribution in [3.8, 4) is 0 Å². The van der Waals surface area contributed by atoms with Crippen LogP contribution >= 0.6 is 11.3 Å². The molecule has 128 valence electrons. The molecule has 1 aliphatic rings. The zero-order chi connectivity index (χ0) is 17.2. The third kappa shape index (κ3) is 3.57. The Balaban J connectivity index is 1.55. The molecule has 6 nitrogen and oxygen atoms in total. The van der Waals surface area contributed by atoms with Crippen molar-refractivity contribution in [2.75, 3.05) is 19.6 Å². The van der Waals surface area contributed by atoms with Crippen molar-refractivity contribution in [3.05, 3.63) is 45.4 Å². The minimum atomic E-state index is -0.959. The number of aromatic nitrogens is 2. The number of β-amino-alcohol motifs (C(OH)–C–C–N with tert-alkyl or cyclic N) is 1. The first-order valence-corrected chi connectivity index (χ1v) is 8.90. The van der Waals surface area contributed by atoms with E-state index in [2.05, 4.69) is 15.5 Å². The summed E-state index contributed by atoms with van der Waals surface area (Å²) in [5, 5.41) is 23.7. The van der Waals surface area contributed by atoms with Crippen LogP contribution in [0.4, 0.5) is 4.79 Å². The van der Waals surface area contributed by atoms with Crippen molar-refractivity contribution in [1.82, 2.24) is 20.4 Å². The molecule has 0 spiro atoms. The van der Waals surface area contributed by atoms with E-state index in [0.717, 1.165) is 21.1 Å². The number of benzene rings is 1. The Morgan fingerprint density at radius 1 is 1.38 bits per heavy atom. The molecule has 1 aromatic carbocycles. The largest absolute Gasteiger partial charge is 0.383 e. The third-order valence-corrected chi connectivity index (χ3v) is 5.26. The SMILES string of the molecule is Cc1nnc(CCNC(=O)N2CC[C@](O)(c3ccccc3C)C2)s1. The molecule has 2 aromatic rings. The second kappa shape index (κ2) is 6.86. The molecule has 0 unspecified atom stereocenters. The van der Waals surface area contributed by atoms with Gasteiger partial charge >= 0.3 is 6.03 Å². The number of nitrogens with one attached hydrogen (secondary N) is 1. The summed E-state index contributed by atoms with van der Waals surface area (Å²) in [5.41, 5.74) is 0.998. The number of urea groups is 1. The Hall–Kier alpha value is -1.99. The molecule has 0 aliphatic carbocycles. The average molecular weight is 346 g/mol. The van der Waals surface area contributed by atoms with Gasteiger partial charge in [0.15, 0.2) is 0 Å². The molecule has 1 atom stereocenters. The molecule has 24 heavy (non-hydrogen) atoms. The molecule has 7 heteroatoms. The van der Waals surface area contributed by atoms with E-state index in [1.54, 1.807) is 16.2 Å². The number of rotatable bonds is 4. The van der Waals surface area contributed by atoms with Crippen molar-refractivity contribution in [2.24, 2.45) is 0 Å². The van der Waals surface area contributed by atoms with Crippen LogP contribution in [0.2, 0.25) is 0 Å². The zero-order valence-electron chi connectivity index (χ0n) is 14.0. The van der Waals surface area contributed by atoms with Crippen LogP contribution in [0.25, 0.3) is 0 Å². The number of aliphatic hydroxyl groups is 1. The van der Waals surface area contributed by atoms with E-state index in [-0.39, 0.29) is 6.03 Å². The van der Waals surface area contributed by atoms with Crippen molar-refractivity contribution in [3.63, 3.8) is 0 Å². The molecule has 2 amide bonds. The summed E-state index contributed by atoms with van der Waals surface area (Å²) in [6, 6.07) is 7.67. The lowest BCUT2D eigenvalue weighted by Crippen LogP contribution is -2.41. The van der Waals surface area contributed by atoms with E-state index < -0.39 is 5.60 Å².